The lowest BCUT2D eigenvalue weighted by Crippen LogP contribution is -2.33. The zero-order valence-electron chi connectivity index (χ0n) is 13.7. The monoisotopic (exact) mass is 388 g/mol. The number of carbonyl (C=O) groups excluding carboxylic acids is 1. The van der Waals surface area contributed by atoms with Gasteiger partial charge in [0, 0.05) is 17.6 Å². The molecule has 0 atom stereocenters. The normalized spacial score (nSPS) is 15.3. The molecule has 1 aromatic carbocycles. The first-order chi connectivity index (χ1) is 11.6. The first-order valence-electron chi connectivity index (χ1n) is 8.23. The molecule has 1 amide bonds. The summed E-state index contributed by atoms with van der Waals surface area (Å²) >= 11 is 3.39. The molecule has 1 aliphatic heterocycles. The summed E-state index contributed by atoms with van der Waals surface area (Å²) in [7, 11) is 0. The Morgan fingerprint density at radius 2 is 1.88 bits per heavy atom. The molecule has 24 heavy (non-hydrogen) atoms. The molecule has 2 heterocycles. The minimum Gasteiger partial charge on any atom is -0.355 e. The highest BCUT2D eigenvalue weighted by Gasteiger charge is 2.17. The average molecular weight is 389 g/mol. The molecule has 1 fully saturated rings. The molecule has 1 N–H and O–H groups in total. The third-order valence-electron chi connectivity index (χ3n) is 4.30. The fraction of sp³-hybridized carbons (Fsp3) is 0.389. The van der Waals surface area contributed by atoms with Gasteiger partial charge in [-0.15, -0.1) is 10.2 Å². The molecule has 1 aromatic heterocycles. The van der Waals surface area contributed by atoms with Crippen molar-refractivity contribution in [1.29, 1.82) is 0 Å². The van der Waals surface area contributed by atoms with Crippen molar-refractivity contribution in [3.8, 4) is 0 Å². The van der Waals surface area contributed by atoms with Crippen LogP contribution < -0.4 is 10.2 Å². The summed E-state index contributed by atoms with van der Waals surface area (Å²) in [6.45, 7) is 4.32. The number of nitrogens with one attached hydrogen (secondary N) is 1. The van der Waals surface area contributed by atoms with E-state index in [4.69, 9.17) is 0 Å². The molecular weight excluding hydrogens is 368 g/mol. The molecule has 0 spiro atoms. The third-order valence-corrected chi connectivity index (χ3v) is 4.83. The van der Waals surface area contributed by atoms with Crippen LogP contribution in [0.2, 0.25) is 0 Å². The second kappa shape index (κ2) is 7.75. The summed E-state index contributed by atoms with van der Waals surface area (Å²) in [5.41, 5.74) is 0.961. The van der Waals surface area contributed by atoms with Crippen LogP contribution in [-0.4, -0.2) is 29.2 Å². The summed E-state index contributed by atoms with van der Waals surface area (Å²) in [4.78, 5) is 14.3. The van der Waals surface area contributed by atoms with Crippen LogP contribution in [0.3, 0.4) is 0 Å². The molecule has 0 bridgehead atoms. The van der Waals surface area contributed by atoms with Crippen molar-refractivity contribution in [2.75, 3.05) is 23.3 Å². The van der Waals surface area contributed by atoms with Gasteiger partial charge in [0.1, 0.15) is 0 Å². The largest absolute Gasteiger partial charge is 0.355 e. The van der Waals surface area contributed by atoms with Gasteiger partial charge in [0.25, 0.3) is 0 Å². The predicted molar refractivity (Wildman–Crippen MR) is 99.1 cm³/mol. The highest BCUT2D eigenvalue weighted by molar-refractivity contribution is 9.10. The quantitative estimate of drug-likeness (QED) is 0.867. The molecule has 1 aliphatic rings. The van der Waals surface area contributed by atoms with Crippen molar-refractivity contribution >= 4 is 33.5 Å². The lowest BCUT2D eigenvalue weighted by molar-refractivity contribution is -0.115. The Morgan fingerprint density at radius 3 is 2.50 bits per heavy atom. The maximum absolute atomic E-state index is 12.1. The molecule has 126 valence electrons. The van der Waals surface area contributed by atoms with Crippen LogP contribution in [0.4, 0.5) is 11.6 Å². The van der Waals surface area contributed by atoms with Crippen LogP contribution in [0.25, 0.3) is 0 Å². The predicted octanol–water partition coefficient (Wildman–Crippen LogP) is 3.66. The fourth-order valence-corrected chi connectivity index (χ4v) is 3.04. The molecule has 2 aromatic rings. The lowest BCUT2D eigenvalue weighted by atomic mass is 9.99. The first kappa shape index (κ1) is 16.9. The van der Waals surface area contributed by atoms with Gasteiger partial charge in [-0.1, -0.05) is 35.0 Å². The summed E-state index contributed by atoms with van der Waals surface area (Å²) < 4.78 is 1.00. The van der Waals surface area contributed by atoms with Crippen LogP contribution in [0.15, 0.2) is 40.9 Å². The highest BCUT2D eigenvalue weighted by atomic mass is 79.9. The Morgan fingerprint density at radius 1 is 1.17 bits per heavy atom. The standard InChI is InChI=1S/C18H21BrN4O/c1-13-8-10-23(11-9-13)17-7-6-16(21-22-17)20-18(24)12-14-2-4-15(19)5-3-14/h2-7,13H,8-12H2,1H3,(H,20,21,24). The smallest absolute Gasteiger partial charge is 0.229 e. The minimum atomic E-state index is -0.0915. The number of amides is 1. The van der Waals surface area contributed by atoms with E-state index in [1.54, 1.807) is 0 Å². The van der Waals surface area contributed by atoms with E-state index >= 15 is 0 Å². The second-order valence-corrected chi connectivity index (χ2v) is 7.21. The number of hydrogen-bond donors (Lipinski definition) is 1. The first-order valence-corrected chi connectivity index (χ1v) is 9.02. The van der Waals surface area contributed by atoms with E-state index in [1.165, 1.54) is 12.8 Å². The van der Waals surface area contributed by atoms with Crippen LogP contribution in [0, 0.1) is 5.92 Å². The van der Waals surface area contributed by atoms with Crippen LogP contribution in [-0.2, 0) is 11.2 Å². The topological polar surface area (TPSA) is 58.1 Å². The Bertz CT molecular complexity index is 679. The zero-order valence-corrected chi connectivity index (χ0v) is 15.3. The Balaban J connectivity index is 1.55. The maximum atomic E-state index is 12.1. The molecular formula is C18H21BrN4O. The molecule has 0 saturated carbocycles. The van der Waals surface area contributed by atoms with Gasteiger partial charge in [-0.3, -0.25) is 4.79 Å². The van der Waals surface area contributed by atoms with Gasteiger partial charge in [-0.05, 0) is 48.6 Å². The molecule has 0 unspecified atom stereocenters. The number of hydrogen-bond acceptors (Lipinski definition) is 4. The Hall–Kier alpha value is -1.95. The summed E-state index contributed by atoms with van der Waals surface area (Å²) in [6.07, 6.45) is 2.70. The number of carbonyl (C=O) groups is 1. The van der Waals surface area contributed by atoms with Gasteiger partial charge in [0.15, 0.2) is 11.6 Å². The van der Waals surface area contributed by atoms with Gasteiger partial charge < -0.3 is 10.2 Å². The highest BCUT2D eigenvalue weighted by Crippen LogP contribution is 2.21. The summed E-state index contributed by atoms with van der Waals surface area (Å²) in [5, 5.41) is 11.2. The van der Waals surface area contributed by atoms with Gasteiger partial charge >= 0.3 is 0 Å². The lowest BCUT2D eigenvalue weighted by Gasteiger charge is -2.30. The van der Waals surface area contributed by atoms with E-state index in [2.05, 4.69) is 43.3 Å². The van der Waals surface area contributed by atoms with Gasteiger partial charge in [0.05, 0.1) is 6.42 Å². The Labute approximate surface area is 150 Å². The minimum absolute atomic E-state index is 0.0915. The van der Waals surface area contributed by atoms with Crippen molar-refractivity contribution in [3.63, 3.8) is 0 Å². The van der Waals surface area contributed by atoms with E-state index in [0.717, 1.165) is 34.9 Å². The van der Waals surface area contributed by atoms with E-state index < -0.39 is 0 Å². The number of aromatic nitrogens is 2. The fourth-order valence-electron chi connectivity index (χ4n) is 2.77. The van der Waals surface area contributed by atoms with Crippen LogP contribution >= 0.6 is 15.9 Å². The number of nitrogens with zero attached hydrogens (tertiary/aromatic N) is 3. The molecule has 0 aliphatic carbocycles. The maximum Gasteiger partial charge on any atom is 0.229 e. The van der Waals surface area contributed by atoms with Crippen LogP contribution in [0.1, 0.15) is 25.3 Å². The summed E-state index contributed by atoms with van der Waals surface area (Å²) in [6, 6.07) is 11.5. The van der Waals surface area contributed by atoms with E-state index in [-0.39, 0.29) is 5.91 Å². The van der Waals surface area contributed by atoms with Gasteiger partial charge in [-0.2, -0.15) is 0 Å². The molecule has 0 radical (unpaired) electrons. The van der Waals surface area contributed by atoms with E-state index in [0.29, 0.717) is 12.2 Å². The van der Waals surface area contributed by atoms with Crippen molar-refractivity contribution in [2.24, 2.45) is 5.92 Å². The number of halogens is 1. The second-order valence-electron chi connectivity index (χ2n) is 6.30. The SMILES string of the molecule is CC1CCN(c2ccc(NC(=O)Cc3ccc(Br)cc3)nn2)CC1. The number of rotatable bonds is 4. The van der Waals surface area contributed by atoms with E-state index in [1.807, 2.05) is 36.4 Å². The number of piperidine rings is 1. The average Bonchev–Trinajstić information content (AvgIpc) is 2.58. The van der Waals surface area contributed by atoms with Gasteiger partial charge in [-0.25, -0.2) is 0 Å². The molecule has 3 rings (SSSR count). The van der Waals surface area contributed by atoms with Crippen LogP contribution in [0.5, 0.6) is 0 Å². The van der Waals surface area contributed by atoms with Gasteiger partial charge in [0.2, 0.25) is 5.91 Å². The molecule has 5 nitrogen and oxygen atoms in total. The van der Waals surface area contributed by atoms with E-state index in [9.17, 15) is 4.79 Å². The number of benzene rings is 1. The number of anilines is 2. The van der Waals surface area contributed by atoms with Crippen molar-refractivity contribution in [3.05, 3.63) is 46.4 Å². The summed E-state index contributed by atoms with van der Waals surface area (Å²) in [5.74, 6) is 2.07. The van der Waals surface area contributed by atoms with Crippen molar-refractivity contribution in [1.82, 2.24) is 10.2 Å². The molecule has 1 saturated heterocycles. The van der Waals surface area contributed by atoms with Crippen molar-refractivity contribution in [2.45, 2.75) is 26.2 Å². The zero-order chi connectivity index (χ0) is 16.9. The molecule has 6 heteroatoms. The third kappa shape index (κ3) is 4.54. The van der Waals surface area contributed by atoms with Crippen molar-refractivity contribution < 1.29 is 4.79 Å². The Kier molecular flexibility index (Phi) is 5.45.